The Labute approximate surface area is 160 Å². The van der Waals surface area contributed by atoms with Crippen molar-refractivity contribution in [3.8, 4) is 0 Å². The number of hydrogen-bond acceptors (Lipinski definition) is 8. The Balaban J connectivity index is 2.17. The van der Waals surface area contributed by atoms with Crippen molar-refractivity contribution in [2.24, 2.45) is 0 Å². The molecular weight excluding hydrogens is 372 g/mol. The molecule has 0 spiro atoms. The summed E-state index contributed by atoms with van der Waals surface area (Å²) in [5.41, 5.74) is -2.17. The summed E-state index contributed by atoms with van der Waals surface area (Å²) in [7, 11) is 0. The maximum atomic E-state index is 12.5. The minimum absolute atomic E-state index is 0.0701. The Kier molecular flexibility index (Phi) is 5.81. The average Bonchev–Trinajstić information content (AvgIpc) is 3.01. The van der Waals surface area contributed by atoms with Gasteiger partial charge in [-0.25, -0.2) is 14.5 Å². The summed E-state index contributed by atoms with van der Waals surface area (Å²) in [6.07, 6.45) is 1.50. The van der Waals surface area contributed by atoms with Gasteiger partial charge in [0.15, 0.2) is 0 Å². The average molecular weight is 392 g/mol. The van der Waals surface area contributed by atoms with Crippen LogP contribution in [-0.2, 0) is 33.4 Å². The van der Waals surface area contributed by atoms with Crippen LogP contribution in [0.1, 0.15) is 40.5 Å². The van der Waals surface area contributed by atoms with Gasteiger partial charge in [-0.15, -0.1) is 0 Å². The van der Waals surface area contributed by atoms with Gasteiger partial charge in [0.1, 0.15) is 16.9 Å². The van der Waals surface area contributed by atoms with Crippen molar-refractivity contribution in [2.75, 3.05) is 6.61 Å². The second kappa shape index (κ2) is 7.75. The van der Waals surface area contributed by atoms with Crippen molar-refractivity contribution < 1.29 is 38.2 Å². The Bertz CT molecular complexity index is 831. The van der Waals surface area contributed by atoms with Crippen LogP contribution in [0.25, 0.3) is 0 Å². The highest BCUT2D eigenvalue weighted by Gasteiger charge is 2.47. The van der Waals surface area contributed by atoms with Crippen LogP contribution in [0, 0.1) is 0 Å². The van der Waals surface area contributed by atoms with E-state index >= 15 is 0 Å². The Morgan fingerprint density at radius 2 is 1.64 bits per heavy atom. The number of rotatable bonds is 5. The first-order chi connectivity index (χ1) is 13.0. The molecule has 0 aromatic rings. The number of imide groups is 4. The molecule has 10 heteroatoms. The predicted molar refractivity (Wildman–Crippen MR) is 92.0 cm³/mol. The highest BCUT2D eigenvalue weighted by atomic mass is 16.6. The maximum absolute atomic E-state index is 12.5. The molecule has 0 radical (unpaired) electrons. The number of carbonyl (C=O) groups is 6. The lowest BCUT2D eigenvalue weighted by Gasteiger charge is -2.23. The molecule has 2 rings (SSSR count). The smallest absolute Gasteiger partial charge is 0.424 e. The van der Waals surface area contributed by atoms with E-state index in [0.717, 1.165) is 12.5 Å². The van der Waals surface area contributed by atoms with Crippen LogP contribution >= 0.6 is 0 Å². The Hall–Kier alpha value is -3.30. The van der Waals surface area contributed by atoms with Crippen molar-refractivity contribution in [1.82, 2.24) is 9.80 Å². The molecular formula is C18H20N2O8. The standard InChI is InChI=1S/C18H20N2O8/c1-5-6-7-27-16(25)10-8-12(21)19(14(10)23)11-9-13(22)20(15(11)24)17(26)28-18(2,3)4/h8-9H,5-7H2,1-4H3. The van der Waals surface area contributed by atoms with E-state index in [9.17, 15) is 28.8 Å². The molecule has 0 saturated heterocycles. The van der Waals surface area contributed by atoms with Crippen molar-refractivity contribution in [3.05, 3.63) is 23.4 Å². The molecule has 0 aliphatic carbocycles. The number of hydrogen-bond donors (Lipinski definition) is 0. The molecule has 0 aromatic carbocycles. The fourth-order valence-corrected chi connectivity index (χ4v) is 2.33. The van der Waals surface area contributed by atoms with E-state index in [4.69, 9.17) is 9.47 Å². The third-order valence-corrected chi connectivity index (χ3v) is 3.59. The molecule has 28 heavy (non-hydrogen) atoms. The first-order valence-corrected chi connectivity index (χ1v) is 8.58. The molecule has 2 aliphatic heterocycles. The zero-order valence-electron chi connectivity index (χ0n) is 15.9. The molecule has 5 amide bonds. The molecule has 2 aliphatic rings. The highest BCUT2D eigenvalue weighted by Crippen LogP contribution is 2.26. The lowest BCUT2D eigenvalue weighted by molar-refractivity contribution is -0.145. The lowest BCUT2D eigenvalue weighted by atomic mass is 10.2. The van der Waals surface area contributed by atoms with E-state index in [2.05, 4.69) is 0 Å². The van der Waals surface area contributed by atoms with Gasteiger partial charge >= 0.3 is 12.1 Å². The van der Waals surface area contributed by atoms with Crippen LogP contribution in [-0.4, -0.2) is 57.7 Å². The SMILES string of the molecule is CCCCOC(=O)C1=CC(=O)N(C2=CC(=O)N(C(=O)OC(C)(C)C)C2=O)C1=O. The normalized spacial score (nSPS) is 17.1. The molecule has 2 heterocycles. The van der Waals surface area contributed by atoms with Gasteiger partial charge in [-0.1, -0.05) is 13.3 Å². The lowest BCUT2D eigenvalue weighted by Crippen LogP contribution is -2.43. The summed E-state index contributed by atoms with van der Waals surface area (Å²) in [6, 6.07) is 0. The van der Waals surface area contributed by atoms with E-state index in [1.54, 1.807) is 0 Å². The minimum atomic E-state index is -1.24. The second-order valence-corrected chi connectivity index (χ2v) is 7.02. The van der Waals surface area contributed by atoms with Crippen LogP contribution in [0.2, 0.25) is 0 Å². The van der Waals surface area contributed by atoms with Crippen molar-refractivity contribution in [1.29, 1.82) is 0 Å². The fraction of sp³-hybridized carbons (Fsp3) is 0.444. The number of unbranched alkanes of at least 4 members (excludes halogenated alkanes) is 1. The topological polar surface area (TPSA) is 127 Å². The summed E-state index contributed by atoms with van der Waals surface area (Å²) in [4.78, 5) is 73.7. The monoisotopic (exact) mass is 392 g/mol. The summed E-state index contributed by atoms with van der Waals surface area (Å²) in [5.74, 6) is -5.37. The summed E-state index contributed by atoms with van der Waals surface area (Å²) in [5, 5.41) is 0. The van der Waals surface area contributed by atoms with Gasteiger partial charge < -0.3 is 9.47 Å². The first kappa shape index (κ1) is 21.0. The molecule has 10 nitrogen and oxygen atoms in total. The second-order valence-electron chi connectivity index (χ2n) is 7.02. The number of nitrogens with zero attached hydrogens (tertiary/aromatic N) is 2. The van der Waals surface area contributed by atoms with Crippen molar-refractivity contribution in [2.45, 2.75) is 46.1 Å². The molecule has 0 bridgehead atoms. The molecule has 0 N–H and O–H groups in total. The number of carbonyl (C=O) groups excluding carboxylic acids is 6. The van der Waals surface area contributed by atoms with Gasteiger partial charge in [0, 0.05) is 12.2 Å². The van der Waals surface area contributed by atoms with E-state index in [1.807, 2.05) is 6.92 Å². The van der Waals surface area contributed by atoms with E-state index in [1.165, 1.54) is 20.8 Å². The van der Waals surface area contributed by atoms with E-state index in [0.29, 0.717) is 17.4 Å². The van der Waals surface area contributed by atoms with Gasteiger partial charge in [-0.05, 0) is 27.2 Å². The quantitative estimate of drug-likeness (QED) is 0.291. The van der Waals surface area contributed by atoms with Crippen LogP contribution < -0.4 is 0 Å². The zero-order chi connectivity index (χ0) is 21.2. The molecule has 0 unspecified atom stereocenters. The summed E-state index contributed by atoms with van der Waals surface area (Å²) >= 11 is 0. The van der Waals surface area contributed by atoms with Crippen LogP contribution in [0.15, 0.2) is 23.4 Å². The van der Waals surface area contributed by atoms with Crippen LogP contribution in [0.3, 0.4) is 0 Å². The predicted octanol–water partition coefficient (Wildman–Crippen LogP) is 0.813. The number of ether oxygens (including phenoxy) is 2. The van der Waals surface area contributed by atoms with Gasteiger partial charge in [0.2, 0.25) is 0 Å². The minimum Gasteiger partial charge on any atom is -0.462 e. The van der Waals surface area contributed by atoms with Gasteiger partial charge in [-0.2, -0.15) is 4.90 Å². The summed E-state index contributed by atoms with van der Waals surface area (Å²) in [6.45, 7) is 6.57. The van der Waals surface area contributed by atoms with E-state index < -0.39 is 52.6 Å². The van der Waals surface area contributed by atoms with Gasteiger partial charge in [0.25, 0.3) is 23.6 Å². The third kappa shape index (κ3) is 4.16. The maximum Gasteiger partial charge on any atom is 0.424 e. The van der Waals surface area contributed by atoms with Crippen molar-refractivity contribution >= 4 is 35.7 Å². The zero-order valence-corrected chi connectivity index (χ0v) is 15.9. The van der Waals surface area contributed by atoms with Crippen LogP contribution in [0.5, 0.6) is 0 Å². The summed E-state index contributed by atoms with van der Waals surface area (Å²) < 4.78 is 9.87. The third-order valence-electron chi connectivity index (χ3n) is 3.59. The molecule has 150 valence electrons. The first-order valence-electron chi connectivity index (χ1n) is 8.58. The van der Waals surface area contributed by atoms with Crippen molar-refractivity contribution in [3.63, 3.8) is 0 Å². The molecule has 0 aromatic heterocycles. The fourth-order valence-electron chi connectivity index (χ4n) is 2.33. The van der Waals surface area contributed by atoms with Gasteiger partial charge in [-0.3, -0.25) is 19.2 Å². The number of esters is 1. The molecule has 0 fully saturated rings. The molecule has 0 atom stereocenters. The highest BCUT2D eigenvalue weighted by molar-refractivity contribution is 6.33. The van der Waals surface area contributed by atoms with Crippen LogP contribution in [0.4, 0.5) is 4.79 Å². The number of amides is 5. The Morgan fingerprint density at radius 1 is 1.00 bits per heavy atom. The van der Waals surface area contributed by atoms with Gasteiger partial charge in [0.05, 0.1) is 6.61 Å². The molecule has 0 saturated carbocycles. The Morgan fingerprint density at radius 3 is 2.21 bits per heavy atom. The largest absolute Gasteiger partial charge is 0.462 e. The van der Waals surface area contributed by atoms with E-state index in [-0.39, 0.29) is 11.5 Å².